The van der Waals surface area contributed by atoms with Crippen LogP contribution >= 0.6 is 22.9 Å². The fourth-order valence-electron chi connectivity index (χ4n) is 5.96. The number of thiophene rings is 1. The van der Waals surface area contributed by atoms with E-state index in [9.17, 15) is 4.79 Å². The number of carbonyl (C=O) groups is 1. The first-order valence-corrected chi connectivity index (χ1v) is 14.9. The van der Waals surface area contributed by atoms with Crippen molar-refractivity contribution in [2.75, 3.05) is 33.4 Å². The second-order valence-corrected chi connectivity index (χ2v) is 11.7. The molecule has 2 saturated heterocycles. The van der Waals surface area contributed by atoms with Gasteiger partial charge in [-0.3, -0.25) is 4.79 Å². The molecule has 2 N–H and O–H groups in total. The largest absolute Gasteiger partial charge is 0.385 e. The number of rotatable bonds is 9. The SMILES string of the molecule is COCCCCC1(c2cccc(Cl)c2-c2csc3ccccc23)O[C@]12CN(C(=O)c1ccc(CN)cc1)CCO2. The van der Waals surface area contributed by atoms with Gasteiger partial charge in [0, 0.05) is 58.6 Å². The molecule has 2 aliphatic rings. The number of hydrogen-bond donors (Lipinski definition) is 1. The summed E-state index contributed by atoms with van der Waals surface area (Å²) in [6.07, 6.45) is 2.49. The number of unbranched alkanes of at least 4 members (excludes halogenated alkanes) is 1. The summed E-state index contributed by atoms with van der Waals surface area (Å²) >= 11 is 8.67. The third-order valence-corrected chi connectivity index (χ3v) is 9.34. The zero-order chi connectivity index (χ0) is 27.7. The Labute approximate surface area is 243 Å². The Bertz CT molecular complexity index is 1520. The molecule has 4 aromatic rings. The summed E-state index contributed by atoms with van der Waals surface area (Å²) in [5.74, 6) is -0.985. The molecule has 1 unspecified atom stereocenters. The Morgan fingerprint density at radius 2 is 1.93 bits per heavy atom. The second-order valence-electron chi connectivity index (χ2n) is 10.4. The highest BCUT2D eigenvalue weighted by Crippen LogP contribution is 2.63. The molecule has 6 rings (SSSR count). The lowest BCUT2D eigenvalue weighted by atomic mass is 9.82. The summed E-state index contributed by atoms with van der Waals surface area (Å²) in [5, 5.41) is 4.01. The number of methoxy groups -OCH3 is 1. The van der Waals surface area contributed by atoms with Crippen LogP contribution in [0.2, 0.25) is 5.02 Å². The van der Waals surface area contributed by atoms with Crippen LogP contribution in [0.15, 0.2) is 72.1 Å². The first kappa shape index (κ1) is 27.4. The highest BCUT2D eigenvalue weighted by atomic mass is 35.5. The maximum Gasteiger partial charge on any atom is 0.254 e. The molecule has 8 heteroatoms. The van der Waals surface area contributed by atoms with Crippen LogP contribution in [-0.4, -0.2) is 50.0 Å². The molecule has 0 aliphatic carbocycles. The third-order valence-electron chi connectivity index (χ3n) is 8.06. The van der Waals surface area contributed by atoms with Crippen molar-refractivity contribution in [3.63, 3.8) is 0 Å². The van der Waals surface area contributed by atoms with E-state index in [1.54, 1.807) is 18.4 Å². The standard InChI is InChI=1S/C32H33ClN2O4S/c1-37-17-5-4-15-31(26-8-6-9-27(33)29(26)25-20-40-28-10-3-2-7-24(25)28)32(39-31)21-35(16-18-38-32)30(36)23-13-11-22(19-34)12-14-23/h2-3,6-14,20H,4-5,15-19,21,34H2,1H3/t31?,32-/m1/s1. The van der Waals surface area contributed by atoms with Gasteiger partial charge in [-0.05, 0) is 60.0 Å². The van der Waals surface area contributed by atoms with Gasteiger partial charge >= 0.3 is 0 Å². The highest BCUT2D eigenvalue weighted by molar-refractivity contribution is 7.17. The van der Waals surface area contributed by atoms with E-state index in [0.29, 0.717) is 43.4 Å². The molecule has 6 nitrogen and oxygen atoms in total. The van der Waals surface area contributed by atoms with E-state index in [1.807, 2.05) is 41.3 Å². The lowest BCUT2D eigenvalue weighted by Crippen LogP contribution is -2.50. The number of nitrogens with two attached hydrogens (primary N) is 1. The smallest absolute Gasteiger partial charge is 0.254 e. The van der Waals surface area contributed by atoms with Gasteiger partial charge in [0.2, 0.25) is 5.79 Å². The zero-order valence-corrected chi connectivity index (χ0v) is 24.1. The Morgan fingerprint density at radius 3 is 2.73 bits per heavy atom. The predicted octanol–water partition coefficient (Wildman–Crippen LogP) is 6.59. The molecule has 1 aromatic heterocycles. The van der Waals surface area contributed by atoms with Gasteiger partial charge in [0.15, 0.2) is 5.60 Å². The molecule has 1 amide bonds. The third kappa shape index (κ3) is 4.75. The van der Waals surface area contributed by atoms with E-state index in [-0.39, 0.29) is 5.91 Å². The summed E-state index contributed by atoms with van der Waals surface area (Å²) < 4.78 is 19.7. The molecular weight excluding hydrogens is 544 g/mol. The molecule has 2 fully saturated rings. The fourth-order valence-corrected chi connectivity index (χ4v) is 7.19. The number of ether oxygens (including phenoxy) is 3. The topological polar surface area (TPSA) is 77.3 Å². The van der Waals surface area contributed by atoms with Crippen LogP contribution in [0.25, 0.3) is 21.2 Å². The lowest BCUT2D eigenvalue weighted by Gasteiger charge is -2.34. The van der Waals surface area contributed by atoms with Crippen LogP contribution in [0.4, 0.5) is 0 Å². The maximum atomic E-state index is 13.6. The molecule has 0 bridgehead atoms. The van der Waals surface area contributed by atoms with E-state index in [4.69, 9.17) is 31.5 Å². The minimum atomic E-state index is -0.948. The van der Waals surface area contributed by atoms with Crippen molar-refractivity contribution in [3.8, 4) is 11.1 Å². The maximum absolute atomic E-state index is 13.6. The number of fused-ring (bicyclic) bond motifs is 1. The van der Waals surface area contributed by atoms with Gasteiger partial charge in [-0.2, -0.15) is 0 Å². The average Bonchev–Trinajstić information content (AvgIpc) is 3.38. The summed E-state index contributed by atoms with van der Waals surface area (Å²) in [6, 6.07) is 21.9. The average molecular weight is 577 g/mol. The number of amides is 1. The molecule has 0 saturated carbocycles. The van der Waals surface area contributed by atoms with Crippen molar-refractivity contribution >= 4 is 38.9 Å². The first-order valence-electron chi connectivity index (χ1n) is 13.7. The summed E-state index contributed by atoms with van der Waals surface area (Å²) in [5.41, 5.74) is 9.69. The van der Waals surface area contributed by atoms with Gasteiger partial charge in [0.1, 0.15) is 0 Å². The van der Waals surface area contributed by atoms with Crippen LogP contribution in [0.1, 0.15) is 40.7 Å². The van der Waals surface area contributed by atoms with Gasteiger partial charge in [0.05, 0.1) is 13.2 Å². The quantitative estimate of drug-likeness (QED) is 0.180. The van der Waals surface area contributed by atoms with Gasteiger partial charge in [-0.15, -0.1) is 11.3 Å². The van der Waals surface area contributed by atoms with E-state index >= 15 is 0 Å². The minimum absolute atomic E-state index is 0.0369. The number of hydrogen-bond acceptors (Lipinski definition) is 6. The summed E-state index contributed by atoms with van der Waals surface area (Å²) in [6.45, 7) is 2.34. The van der Waals surface area contributed by atoms with Crippen LogP contribution in [0.5, 0.6) is 0 Å². The van der Waals surface area contributed by atoms with Gasteiger partial charge in [-0.1, -0.05) is 54.1 Å². The molecule has 0 radical (unpaired) electrons. The van der Waals surface area contributed by atoms with Crippen molar-refractivity contribution in [1.82, 2.24) is 4.90 Å². The number of epoxide rings is 1. The second kappa shape index (κ2) is 11.2. The predicted molar refractivity (Wildman–Crippen MR) is 160 cm³/mol. The Balaban J connectivity index is 1.38. The number of benzene rings is 3. The molecular formula is C32H33ClN2O4S. The van der Waals surface area contributed by atoms with Crippen molar-refractivity contribution in [2.24, 2.45) is 5.73 Å². The molecule has 208 valence electrons. The monoisotopic (exact) mass is 576 g/mol. The minimum Gasteiger partial charge on any atom is -0.385 e. The number of morpholine rings is 1. The summed E-state index contributed by atoms with van der Waals surface area (Å²) in [4.78, 5) is 15.4. The fraction of sp³-hybridized carbons (Fsp3) is 0.344. The lowest BCUT2D eigenvalue weighted by molar-refractivity contribution is -0.0964. The van der Waals surface area contributed by atoms with Crippen molar-refractivity contribution < 1.29 is 19.0 Å². The number of halogens is 1. The molecule has 1 spiro atoms. The van der Waals surface area contributed by atoms with Gasteiger partial charge < -0.3 is 24.8 Å². The van der Waals surface area contributed by atoms with Crippen molar-refractivity contribution in [1.29, 1.82) is 0 Å². The summed E-state index contributed by atoms with van der Waals surface area (Å²) in [7, 11) is 1.72. The van der Waals surface area contributed by atoms with E-state index in [0.717, 1.165) is 46.9 Å². The molecule has 2 atom stereocenters. The normalized spacial score (nSPS) is 22.2. The van der Waals surface area contributed by atoms with Gasteiger partial charge in [0.25, 0.3) is 5.91 Å². The van der Waals surface area contributed by atoms with Crippen molar-refractivity contribution in [2.45, 2.75) is 37.2 Å². The van der Waals surface area contributed by atoms with E-state index in [2.05, 4.69) is 35.7 Å². The van der Waals surface area contributed by atoms with E-state index < -0.39 is 11.4 Å². The number of nitrogens with zero attached hydrogens (tertiary/aromatic N) is 1. The van der Waals surface area contributed by atoms with Crippen LogP contribution in [0, 0.1) is 0 Å². The first-order chi connectivity index (χ1) is 19.5. The Morgan fingerprint density at radius 1 is 1.10 bits per heavy atom. The number of carbonyl (C=O) groups excluding carboxylic acids is 1. The highest BCUT2D eigenvalue weighted by Gasteiger charge is 2.74. The van der Waals surface area contributed by atoms with Crippen LogP contribution in [-0.2, 0) is 26.4 Å². The van der Waals surface area contributed by atoms with Crippen molar-refractivity contribution in [3.05, 3.63) is 93.8 Å². The molecule has 3 heterocycles. The van der Waals surface area contributed by atoms with Crippen LogP contribution < -0.4 is 5.73 Å². The molecule has 2 aliphatic heterocycles. The Kier molecular flexibility index (Phi) is 7.70. The molecule has 3 aromatic carbocycles. The van der Waals surface area contributed by atoms with Gasteiger partial charge in [-0.25, -0.2) is 0 Å². The zero-order valence-electron chi connectivity index (χ0n) is 22.5. The molecule has 40 heavy (non-hydrogen) atoms. The Hall–Kier alpha value is -2.78. The van der Waals surface area contributed by atoms with Crippen LogP contribution in [0.3, 0.4) is 0 Å². The van der Waals surface area contributed by atoms with E-state index in [1.165, 1.54) is 4.70 Å².